The number of rotatable bonds is 5. The molecule has 1 aromatic carbocycles. The van der Waals surface area contributed by atoms with Crippen LogP contribution >= 0.6 is 11.6 Å². The quantitative estimate of drug-likeness (QED) is 0.830. The fraction of sp³-hybridized carbons (Fsp3) is 0.625. The summed E-state index contributed by atoms with van der Waals surface area (Å²) in [4.78, 5) is 0. The number of hydrogen-bond donors (Lipinski definition) is 1. The van der Waals surface area contributed by atoms with Gasteiger partial charge in [0, 0.05) is 5.02 Å². The van der Waals surface area contributed by atoms with Crippen LogP contribution in [0.4, 0.5) is 0 Å². The van der Waals surface area contributed by atoms with Crippen molar-refractivity contribution in [2.45, 2.75) is 41.0 Å². The first kappa shape index (κ1) is 15.5. The third-order valence-corrected chi connectivity index (χ3v) is 3.89. The molecule has 0 aliphatic rings. The lowest BCUT2D eigenvalue weighted by Crippen LogP contribution is -2.33. The number of hydrogen-bond acceptors (Lipinski definition) is 1. The molecule has 1 rings (SSSR count). The van der Waals surface area contributed by atoms with Gasteiger partial charge in [-0.05, 0) is 55.0 Å². The Balaban J connectivity index is 2.82. The molecule has 0 spiro atoms. The van der Waals surface area contributed by atoms with Gasteiger partial charge >= 0.3 is 0 Å². The fourth-order valence-corrected chi connectivity index (χ4v) is 2.40. The molecule has 102 valence electrons. The van der Waals surface area contributed by atoms with Crippen molar-refractivity contribution in [2.24, 2.45) is 11.3 Å². The van der Waals surface area contributed by atoms with Crippen molar-refractivity contribution < 1.29 is 0 Å². The normalized spacial score (nSPS) is 13.7. The molecule has 1 nitrogen and oxygen atoms in total. The maximum Gasteiger partial charge on any atom is 0.0440 e. The van der Waals surface area contributed by atoms with Crippen molar-refractivity contribution in [3.05, 3.63) is 34.3 Å². The molecule has 0 saturated heterocycles. The van der Waals surface area contributed by atoms with Crippen LogP contribution in [0.1, 0.15) is 38.8 Å². The number of halogens is 1. The largest absolute Gasteiger partial charge is 0.317 e. The first-order chi connectivity index (χ1) is 8.34. The van der Waals surface area contributed by atoms with Crippen LogP contribution < -0.4 is 5.32 Å². The van der Waals surface area contributed by atoms with E-state index in [0.29, 0.717) is 5.92 Å². The second-order valence-corrected chi connectivity index (χ2v) is 6.58. The molecular weight excluding hydrogens is 242 g/mol. The van der Waals surface area contributed by atoms with E-state index in [-0.39, 0.29) is 5.41 Å². The summed E-state index contributed by atoms with van der Waals surface area (Å²) in [5.74, 6) is 0.595. The van der Waals surface area contributed by atoms with Crippen LogP contribution in [-0.2, 0) is 6.42 Å². The predicted octanol–water partition coefficient (Wildman–Crippen LogP) is 4.46. The standard InChI is InChI=1S/C16H26ClN/c1-6-18-11-14(16(3,4)5)10-13-8-7-12(2)9-15(13)17/h7-9,14,18H,6,10-11H2,1-5H3. The lowest BCUT2D eigenvalue weighted by Gasteiger charge is -2.31. The molecule has 0 radical (unpaired) electrons. The summed E-state index contributed by atoms with van der Waals surface area (Å²) in [6, 6.07) is 6.38. The summed E-state index contributed by atoms with van der Waals surface area (Å²) in [5, 5.41) is 4.37. The van der Waals surface area contributed by atoms with Crippen LogP contribution in [0.2, 0.25) is 5.02 Å². The van der Waals surface area contributed by atoms with E-state index in [0.717, 1.165) is 24.5 Å². The molecule has 0 aliphatic heterocycles. The van der Waals surface area contributed by atoms with E-state index in [1.807, 2.05) is 0 Å². The highest BCUT2D eigenvalue weighted by molar-refractivity contribution is 6.31. The SMILES string of the molecule is CCNCC(Cc1ccc(C)cc1Cl)C(C)(C)C. The number of nitrogens with one attached hydrogen (secondary N) is 1. The second-order valence-electron chi connectivity index (χ2n) is 6.17. The van der Waals surface area contributed by atoms with E-state index in [2.05, 4.69) is 58.1 Å². The Hall–Kier alpha value is -0.530. The van der Waals surface area contributed by atoms with Crippen LogP contribution in [0, 0.1) is 18.3 Å². The molecule has 1 atom stereocenters. The van der Waals surface area contributed by atoms with E-state index in [1.165, 1.54) is 11.1 Å². The van der Waals surface area contributed by atoms with Crippen molar-refractivity contribution >= 4 is 11.6 Å². The highest BCUT2D eigenvalue weighted by Gasteiger charge is 2.24. The second kappa shape index (κ2) is 6.58. The summed E-state index contributed by atoms with van der Waals surface area (Å²) >= 11 is 6.34. The van der Waals surface area contributed by atoms with E-state index in [9.17, 15) is 0 Å². The molecule has 0 aromatic heterocycles. The van der Waals surface area contributed by atoms with Gasteiger partial charge in [0.25, 0.3) is 0 Å². The van der Waals surface area contributed by atoms with Crippen molar-refractivity contribution in [1.82, 2.24) is 5.32 Å². The van der Waals surface area contributed by atoms with Crippen LogP contribution in [0.15, 0.2) is 18.2 Å². The highest BCUT2D eigenvalue weighted by atomic mass is 35.5. The Morgan fingerprint density at radius 2 is 1.94 bits per heavy atom. The minimum Gasteiger partial charge on any atom is -0.317 e. The highest BCUT2D eigenvalue weighted by Crippen LogP contribution is 2.31. The third-order valence-electron chi connectivity index (χ3n) is 3.54. The Morgan fingerprint density at radius 1 is 1.28 bits per heavy atom. The Morgan fingerprint density at radius 3 is 2.44 bits per heavy atom. The number of benzene rings is 1. The predicted molar refractivity (Wildman–Crippen MR) is 81.4 cm³/mol. The van der Waals surface area contributed by atoms with E-state index < -0.39 is 0 Å². The lowest BCUT2D eigenvalue weighted by molar-refractivity contribution is 0.232. The molecule has 0 bridgehead atoms. The molecule has 1 N–H and O–H groups in total. The Kier molecular flexibility index (Phi) is 5.68. The summed E-state index contributed by atoms with van der Waals surface area (Å²) < 4.78 is 0. The molecule has 1 aromatic rings. The first-order valence-corrected chi connectivity index (χ1v) is 7.18. The van der Waals surface area contributed by atoms with Gasteiger partial charge in [-0.15, -0.1) is 0 Å². The van der Waals surface area contributed by atoms with Gasteiger partial charge in [0.05, 0.1) is 0 Å². The molecular formula is C16H26ClN. The van der Waals surface area contributed by atoms with Gasteiger partial charge in [-0.3, -0.25) is 0 Å². The first-order valence-electron chi connectivity index (χ1n) is 6.80. The zero-order chi connectivity index (χ0) is 13.8. The molecule has 0 heterocycles. The lowest BCUT2D eigenvalue weighted by atomic mass is 9.77. The Bertz CT molecular complexity index is 379. The average molecular weight is 268 g/mol. The van der Waals surface area contributed by atoms with E-state index >= 15 is 0 Å². The van der Waals surface area contributed by atoms with Crippen molar-refractivity contribution in [3.8, 4) is 0 Å². The van der Waals surface area contributed by atoms with Gasteiger partial charge in [0.15, 0.2) is 0 Å². The average Bonchev–Trinajstić information content (AvgIpc) is 2.25. The monoisotopic (exact) mass is 267 g/mol. The third kappa shape index (κ3) is 4.62. The summed E-state index contributed by atoms with van der Waals surface area (Å²) in [6.45, 7) is 13.2. The summed E-state index contributed by atoms with van der Waals surface area (Å²) in [6.07, 6.45) is 1.04. The fourth-order valence-electron chi connectivity index (χ4n) is 2.09. The summed E-state index contributed by atoms with van der Waals surface area (Å²) in [5.41, 5.74) is 2.78. The Labute approximate surface area is 117 Å². The molecule has 1 unspecified atom stereocenters. The van der Waals surface area contributed by atoms with Crippen molar-refractivity contribution in [1.29, 1.82) is 0 Å². The van der Waals surface area contributed by atoms with Gasteiger partial charge < -0.3 is 5.32 Å². The van der Waals surface area contributed by atoms with Crippen LogP contribution in [0.3, 0.4) is 0 Å². The van der Waals surface area contributed by atoms with Crippen molar-refractivity contribution in [3.63, 3.8) is 0 Å². The molecule has 0 fully saturated rings. The van der Waals surface area contributed by atoms with E-state index in [4.69, 9.17) is 11.6 Å². The summed E-state index contributed by atoms with van der Waals surface area (Å²) in [7, 11) is 0. The molecule has 0 aliphatic carbocycles. The van der Waals surface area contributed by atoms with Gasteiger partial charge in [-0.2, -0.15) is 0 Å². The topological polar surface area (TPSA) is 12.0 Å². The van der Waals surface area contributed by atoms with Gasteiger partial charge in [0.2, 0.25) is 0 Å². The maximum absolute atomic E-state index is 6.34. The molecule has 0 saturated carbocycles. The minimum absolute atomic E-state index is 0.288. The van der Waals surface area contributed by atoms with Crippen LogP contribution in [-0.4, -0.2) is 13.1 Å². The van der Waals surface area contributed by atoms with E-state index in [1.54, 1.807) is 0 Å². The molecule has 2 heteroatoms. The number of aryl methyl sites for hydroxylation is 1. The van der Waals surface area contributed by atoms with Crippen molar-refractivity contribution in [2.75, 3.05) is 13.1 Å². The van der Waals surface area contributed by atoms with Gasteiger partial charge in [-0.1, -0.05) is 51.4 Å². The smallest absolute Gasteiger partial charge is 0.0440 e. The van der Waals surface area contributed by atoms with Crippen LogP contribution in [0.5, 0.6) is 0 Å². The van der Waals surface area contributed by atoms with Gasteiger partial charge in [-0.25, -0.2) is 0 Å². The molecule has 0 amide bonds. The van der Waals surface area contributed by atoms with Gasteiger partial charge in [0.1, 0.15) is 0 Å². The maximum atomic E-state index is 6.34. The zero-order valence-corrected chi connectivity index (χ0v) is 13.1. The minimum atomic E-state index is 0.288. The van der Waals surface area contributed by atoms with Crippen LogP contribution in [0.25, 0.3) is 0 Å². The zero-order valence-electron chi connectivity index (χ0n) is 12.3. The molecule has 18 heavy (non-hydrogen) atoms.